The van der Waals surface area contributed by atoms with Gasteiger partial charge in [0, 0.05) is 21.1 Å². The summed E-state index contributed by atoms with van der Waals surface area (Å²) >= 11 is 1.91. The van der Waals surface area contributed by atoms with Gasteiger partial charge in [-0.3, -0.25) is 0 Å². The summed E-state index contributed by atoms with van der Waals surface area (Å²) in [6.07, 6.45) is 22.1. The number of hydrogen-bond acceptors (Lipinski definition) is 8. The largest absolute Gasteiger partial charge is 0.491 e. The zero-order valence-electron chi connectivity index (χ0n) is 45.6. The number of hydrogen-bond donors (Lipinski definition) is 0. The Hall–Kier alpha value is -4.29. The fourth-order valence-corrected chi connectivity index (χ4v) is 9.10. The summed E-state index contributed by atoms with van der Waals surface area (Å²) in [4.78, 5) is 17.5. The molecule has 0 N–H and O–H groups in total. The molecule has 4 aromatic rings. The lowest BCUT2D eigenvalue weighted by atomic mass is 10.1. The number of aromatic nitrogens is 4. The Bertz CT molecular complexity index is 2070. The topological polar surface area (TPSA) is 88.5 Å². The molecule has 0 amide bonds. The van der Waals surface area contributed by atoms with Gasteiger partial charge in [0.15, 0.2) is 23.1 Å². The summed E-state index contributed by atoms with van der Waals surface area (Å²) in [6, 6.07) is 14.7. The summed E-state index contributed by atoms with van der Waals surface area (Å²) < 4.78 is 123. The van der Waals surface area contributed by atoms with Gasteiger partial charge in [-0.05, 0) is 93.5 Å². The summed E-state index contributed by atoms with van der Waals surface area (Å²) in [6.45, 7) is 5.61. The van der Waals surface area contributed by atoms with Crippen LogP contribution in [-0.4, -0.2) is 75.0 Å². The SMILES string of the molecule is CCCCCCC(F)COc1ccc(-c2ncc(OCCCCCCCCCC(I)CC(F)(F)F)cn2)cc1.CCCCCCC(F)COc1ccc(-c2ncc(OCCCCCCCCCC=CC(F)(F)F)cn2)cc1. The number of halogens is 9. The van der Waals surface area contributed by atoms with E-state index in [9.17, 15) is 35.1 Å². The van der Waals surface area contributed by atoms with Crippen molar-refractivity contribution in [3.05, 3.63) is 85.5 Å². The molecule has 0 fully saturated rings. The lowest BCUT2D eigenvalue weighted by molar-refractivity contribution is -0.133. The number of nitrogens with zero attached hydrogens (tertiary/aromatic N) is 4. The Kier molecular flexibility index (Phi) is 35.5. The van der Waals surface area contributed by atoms with Crippen LogP contribution in [0.1, 0.15) is 187 Å². The summed E-state index contributed by atoms with van der Waals surface area (Å²) in [5.74, 6) is 3.66. The fourth-order valence-electron chi connectivity index (χ4n) is 8.16. The number of benzene rings is 2. The zero-order valence-corrected chi connectivity index (χ0v) is 47.7. The molecule has 4 rings (SSSR count). The molecule has 2 aromatic heterocycles. The first-order chi connectivity index (χ1) is 37.1. The summed E-state index contributed by atoms with van der Waals surface area (Å²) in [5.41, 5.74) is 1.69. The standard InChI is InChI=1S/C30H43F4IN2O2.C30H42F4N2O2/c1-2-3-4-10-13-25(31)23-39-27-17-15-24(16-18-27)29-36-21-28(22-37-29)38-19-12-9-7-5-6-8-11-14-26(35)20-30(32,33)34;1-2-3-4-12-15-26(31)24-38-27-18-16-25(17-19-27)29-35-22-28(23-36-29)37-21-14-11-9-7-5-6-8-10-13-20-30(32,33)34/h15-18,21-22,25-26H,2-14,19-20,23H2,1H3;13,16-20,22-23,26H,2-12,14-15,21,24H2,1H3. The molecule has 0 aliphatic heterocycles. The van der Waals surface area contributed by atoms with Crippen LogP contribution in [0.2, 0.25) is 0 Å². The molecule has 0 aliphatic rings. The van der Waals surface area contributed by atoms with Gasteiger partial charge in [0.25, 0.3) is 0 Å². The molecule has 0 spiro atoms. The van der Waals surface area contributed by atoms with Gasteiger partial charge in [-0.15, -0.1) is 0 Å². The van der Waals surface area contributed by atoms with E-state index >= 15 is 0 Å². The summed E-state index contributed by atoms with van der Waals surface area (Å²) in [7, 11) is 0. The van der Waals surface area contributed by atoms with Gasteiger partial charge in [-0.25, -0.2) is 28.7 Å². The van der Waals surface area contributed by atoms with Crippen LogP contribution in [0.25, 0.3) is 22.8 Å². The number of unbranched alkanes of at least 4 members (excludes halogenated alkanes) is 19. The molecule has 0 aliphatic carbocycles. The minimum atomic E-state index is -4.20. The highest BCUT2D eigenvalue weighted by molar-refractivity contribution is 14.1. The maximum Gasteiger partial charge on any atom is 0.409 e. The number of ether oxygens (including phenoxy) is 4. The quantitative estimate of drug-likeness (QED) is 0.0143. The van der Waals surface area contributed by atoms with E-state index in [1.54, 1.807) is 49.1 Å². The van der Waals surface area contributed by atoms with Gasteiger partial charge in [0.05, 0.1) is 44.4 Å². The highest BCUT2D eigenvalue weighted by Crippen LogP contribution is 2.29. The molecular formula is C60H85F8IN4O4. The van der Waals surface area contributed by atoms with Crippen LogP contribution in [-0.2, 0) is 0 Å². The number of alkyl halides is 9. The first-order valence-corrected chi connectivity index (χ1v) is 29.5. The zero-order chi connectivity index (χ0) is 55.8. The second-order valence-electron chi connectivity index (χ2n) is 19.6. The number of rotatable bonds is 41. The van der Waals surface area contributed by atoms with Crippen LogP contribution in [0.15, 0.2) is 85.5 Å². The van der Waals surface area contributed by atoms with E-state index in [1.165, 1.54) is 6.08 Å². The van der Waals surface area contributed by atoms with E-state index in [-0.39, 0.29) is 17.1 Å². The van der Waals surface area contributed by atoms with Gasteiger partial charge in [0.2, 0.25) is 0 Å². The van der Waals surface area contributed by atoms with Crippen molar-refractivity contribution in [2.24, 2.45) is 0 Å². The van der Waals surface area contributed by atoms with Crippen molar-refractivity contribution in [2.45, 2.75) is 216 Å². The normalized spacial score (nSPS) is 13.0. The van der Waals surface area contributed by atoms with Crippen LogP contribution >= 0.6 is 22.6 Å². The third-order valence-electron chi connectivity index (χ3n) is 12.6. The Morgan fingerprint density at radius 1 is 0.455 bits per heavy atom. The minimum Gasteiger partial charge on any atom is -0.491 e. The van der Waals surface area contributed by atoms with Crippen molar-refractivity contribution in [1.29, 1.82) is 0 Å². The second-order valence-corrected chi connectivity index (χ2v) is 21.4. The van der Waals surface area contributed by atoms with E-state index < -0.39 is 31.1 Å². The molecule has 2 heterocycles. The Morgan fingerprint density at radius 3 is 1.21 bits per heavy atom. The Labute approximate surface area is 467 Å². The van der Waals surface area contributed by atoms with Crippen molar-refractivity contribution in [2.75, 3.05) is 26.4 Å². The van der Waals surface area contributed by atoms with Crippen LogP contribution in [0, 0.1) is 0 Å². The van der Waals surface area contributed by atoms with Crippen molar-refractivity contribution in [3.8, 4) is 45.8 Å². The Morgan fingerprint density at radius 2 is 0.818 bits per heavy atom. The first kappa shape index (κ1) is 67.0. The third kappa shape index (κ3) is 35.1. The molecule has 0 saturated carbocycles. The van der Waals surface area contributed by atoms with Crippen molar-refractivity contribution in [3.63, 3.8) is 0 Å². The lowest BCUT2D eigenvalue weighted by Gasteiger charge is -2.12. The Balaban J connectivity index is 0.000000405. The monoisotopic (exact) mass is 1200 g/mol. The molecular weight excluding hydrogens is 1120 g/mol. The van der Waals surface area contributed by atoms with Gasteiger partial charge in [-0.1, -0.05) is 165 Å². The fraction of sp³-hybridized carbons (Fsp3) is 0.633. The molecule has 0 bridgehead atoms. The van der Waals surface area contributed by atoms with Crippen molar-refractivity contribution >= 4 is 22.6 Å². The van der Waals surface area contributed by atoms with Gasteiger partial charge in [-0.2, -0.15) is 26.3 Å². The molecule has 432 valence electrons. The summed E-state index contributed by atoms with van der Waals surface area (Å²) in [5, 5.41) is 0. The molecule has 3 atom stereocenters. The maximum absolute atomic E-state index is 14.0. The van der Waals surface area contributed by atoms with Gasteiger partial charge in [0.1, 0.15) is 37.1 Å². The van der Waals surface area contributed by atoms with Gasteiger partial charge >= 0.3 is 12.4 Å². The van der Waals surface area contributed by atoms with E-state index in [4.69, 9.17) is 18.9 Å². The molecule has 2 aromatic carbocycles. The predicted molar refractivity (Wildman–Crippen MR) is 302 cm³/mol. The van der Waals surface area contributed by atoms with E-state index in [1.807, 2.05) is 46.9 Å². The maximum atomic E-state index is 14.0. The van der Waals surface area contributed by atoms with E-state index in [0.29, 0.717) is 79.6 Å². The lowest BCUT2D eigenvalue weighted by Crippen LogP contribution is -2.14. The third-order valence-corrected chi connectivity index (χ3v) is 13.6. The average Bonchev–Trinajstić information content (AvgIpc) is 3.41. The van der Waals surface area contributed by atoms with Crippen molar-refractivity contribution in [1.82, 2.24) is 19.9 Å². The second kappa shape index (κ2) is 40.8. The van der Waals surface area contributed by atoms with E-state index in [2.05, 4.69) is 33.8 Å². The average molecular weight is 1210 g/mol. The molecule has 0 radical (unpaired) electrons. The minimum absolute atomic E-state index is 0.0696. The van der Waals surface area contributed by atoms with Crippen LogP contribution in [0.5, 0.6) is 23.0 Å². The van der Waals surface area contributed by atoms with Crippen LogP contribution in [0.3, 0.4) is 0 Å². The predicted octanol–water partition coefficient (Wildman–Crippen LogP) is 19.5. The van der Waals surface area contributed by atoms with Crippen molar-refractivity contribution < 1.29 is 54.1 Å². The van der Waals surface area contributed by atoms with Crippen LogP contribution < -0.4 is 18.9 Å². The smallest absolute Gasteiger partial charge is 0.409 e. The molecule has 0 saturated heterocycles. The molecule has 3 unspecified atom stereocenters. The molecule has 77 heavy (non-hydrogen) atoms. The highest BCUT2D eigenvalue weighted by atomic mass is 127. The highest BCUT2D eigenvalue weighted by Gasteiger charge is 2.30. The van der Waals surface area contributed by atoms with Crippen LogP contribution in [0.4, 0.5) is 35.1 Å². The number of allylic oxidation sites excluding steroid dienone is 2. The van der Waals surface area contributed by atoms with Gasteiger partial charge < -0.3 is 18.9 Å². The first-order valence-electron chi connectivity index (χ1n) is 28.2. The molecule has 17 heteroatoms. The molecule has 8 nitrogen and oxygen atoms in total. The van der Waals surface area contributed by atoms with E-state index in [0.717, 1.165) is 152 Å².